The molecule has 0 amide bonds. The van der Waals surface area contributed by atoms with Crippen molar-refractivity contribution in [1.82, 2.24) is 4.90 Å². The molecule has 1 heterocycles. The van der Waals surface area contributed by atoms with E-state index in [9.17, 15) is 5.11 Å². The van der Waals surface area contributed by atoms with Gasteiger partial charge in [-0.1, -0.05) is 18.5 Å². The van der Waals surface area contributed by atoms with Crippen LogP contribution in [0.1, 0.15) is 17.4 Å². The third kappa shape index (κ3) is 5.85. The lowest BCUT2D eigenvalue weighted by Gasteiger charge is -2.23. The summed E-state index contributed by atoms with van der Waals surface area (Å²) >= 11 is 7.50. The zero-order valence-electron chi connectivity index (χ0n) is 12.9. The Morgan fingerprint density at radius 1 is 1.30 bits per heavy atom. The van der Waals surface area contributed by atoms with Gasteiger partial charge in [0.05, 0.1) is 16.0 Å². The van der Waals surface area contributed by atoms with E-state index in [4.69, 9.17) is 21.6 Å². The number of benzene rings is 1. The summed E-state index contributed by atoms with van der Waals surface area (Å²) in [4.78, 5) is 3.33. The summed E-state index contributed by atoms with van der Waals surface area (Å²) in [6.45, 7) is 4.41. The summed E-state index contributed by atoms with van der Waals surface area (Å²) in [5.74, 6) is 0.649. The molecule has 0 fully saturated rings. The van der Waals surface area contributed by atoms with Crippen molar-refractivity contribution in [3.05, 3.63) is 51.2 Å². The number of thiophene rings is 1. The topological polar surface area (TPSA) is 56.5 Å². The standard InChI is InChI=1S/C17H19ClN2O2S/c1-2-20(11-16-7-8-17(18)23-16)10-14(21)12-22-15-5-3-13(9-19)4-6-15/h3-8,14,21H,2,10-12H2,1H3. The lowest BCUT2D eigenvalue weighted by Crippen LogP contribution is -2.35. The maximum absolute atomic E-state index is 10.2. The molecule has 4 nitrogen and oxygen atoms in total. The lowest BCUT2D eigenvalue weighted by atomic mass is 10.2. The van der Waals surface area contributed by atoms with Gasteiger partial charge >= 0.3 is 0 Å². The van der Waals surface area contributed by atoms with E-state index < -0.39 is 6.10 Å². The quantitative estimate of drug-likeness (QED) is 0.791. The first kappa shape index (κ1) is 17.8. The average molecular weight is 351 g/mol. The van der Waals surface area contributed by atoms with Gasteiger partial charge in [0.2, 0.25) is 0 Å². The van der Waals surface area contributed by atoms with Crippen LogP contribution in [0.2, 0.25) is 4.34 Å². The summed E-state index contributed by atoms with van der Waals surface area (Å²) < 4.78 is 6.34. The number of nitrogens with zero attached hydrogens (tertiary/aromatic N) is 2. The number of hydrogen-bond donors (Lipinski definition) is 1. The molecule has 2 aromatic rings. The van der Waals surface area contributed by atoms with E-state index in [1.807, 2.05) is 12.1 Å². The molecule has 0 spiro atoms. The molecular weight excluding hydrogens is 332 g/mol. The molecule has 0 radical (unpaired) electrons. The largest absolute Gasteiger partial charge is 0.491 e. The Kier molecular flexibility index (Phi) is 6.87. The summed E-state index contributed by atoms with van der Waals surface area (Å²) in [5, 5.41) is 18.9. The lowest BCUT2D eigenvalue weighted by molar-refractivity contribution is 0.0678. The van der Waals surface area contributed by atoms with Gasteiger partial charge < -0.3 is 9.84 Å². The van der Waals surface area contributed by atoms with Crippen molar-refractivity contribution in [2.24, 2.45) is 0 Å². The number of nitriles is 1. The predicted octanol–water partition coefficient (Wildman–Crippen LogP) is 3.53. The van der Waals surface area contributed by atoms with Crippen molar-refractivity contribution >= 4 is 22.9 Å². The Hall–Kier alpha value is -1.58. The van der Waals surface area contributed by atoms with Crippen LogP contribution < -0.4 is 4.74 Å². The SMILES string of the molecule is CCN(Cc1ccc(Cl)s1)CC(O)COc1ccc(C#N)cc1. The Morgan fingerprint density at radius 2 is 2.04 bits per heavy atom. The minimum atomic E-state index is -0.582. The van der Waals surface area contributed by atoms with Crippen molar-refractivity contribution in [1.29, 1.82) is 5.26 Å². The van der Waals surface area contributed by atoms with Gasteiger partial charge in [-0.25, -0.2) is 0 Å². The molecule has 1 unspecified atom stereocenters. The van der Waals surface area contributed by atoms with Crippen LogP contribution in [0.3, 0.4) is 0 Å². The second-order valence-electron chi connectivity index (χ2n) is 5.13. The van der Waals surface area contributed by atoms with Gasteiger partial charge in [-0.3, -0.25) is 4.90 Å². The Morgan fingerprint density at radius 3 is 2.61 bits per heavy atom. The minimum Gasteiger partial charge on any atom is -0.491 e. The number of hydrogen-bond acceptors (Lipinski definition) is 5. The highest BCUT2D eigenvalue weighted by Gasteiger charge is 2.12. The number of aliphatic hydroxyl groups excluding tert-OH is 1. The fraction of sp³-hybridized carbons (Fsp3) is 0.353. The first-order valence-electron chi connectivity index (χ1n) is 7.38. The first-order valence-corrected chi connectivity index (χ1v) is 8.57. The highest BCUT2D eigenvalue weighted by molar-refractivity contribution is 7.16. The van der Waals surface area contributed by atoms with Crippen molar-refractivity contribution in [2.45, 2.75) is 19.6 Å². The number of rotatable bonds is 8. The Bertz CT molecular complexity index is 651. The second kappa shape index (κ2) is 8.90. The van der Waals surface area contributed by atoms with Crippen LogP contribution in [0.15, 0.2) is 36.4 Å². The molecule has 2 rings (SSSR count). The number of likely N-dealkylation sites (N-methyl/N-ethyl adjacent to an activating group) is 1. The van der Waals surface area contributed by atoms with E-state index in [1.54, 1.807) is 35.6 Å². The van der Waals surface area contributed by atoms with E-state index in [1.165, 1.54) is 4.88 Å². The predicted molar refractivity (Wildman–Crippen MR) is 92.9 cm³/mol. The highest BCUT2D eigenvalue weighted by Crippen LogP contribution is 2.22. The molecular formula is C17H19ClN2O2S. The maximum Gasteiger partial charge on any atom is 0.119 e. The second-order valence-corrected chi connectivity index (χ2v) is 6.93. The van der Waals surface area contributed by atoms with Crippen LogP contribution in [-0.4, -0.2) is 35.8 Å². The number of ether oxygens (including phenoxy) is 1. The number of halogens is 1. The van der Waals surface area contributed by atoms with Crippen LogP contribution in [0.4, 0.5) is 0 Å². The highest BCUT2D eigenvalue weighted by atomic mass is 35.5. The Labute approximate surface area is 145 Å². The normalized spacial score (nSPS) is 12.1. The van der Waals surface area contributed by atoms with E-state index in [2.05, 4.69) is 17.9 Å². The fourth-order valence-electron chi connectivity index (χ4n) is 2.13. The molecule has 1 aromatic heterocycles. The molecule has 0 aliphatic rings. The monoisotopic (exact) mass is 350 g/mol. The molecule has 1 atom stereocenters. The third-order valence-electron chi connectivity index (χ3n) is 3.35. The van der Waals surface area contributed by atoms with Crippen molar-refractivity contribution in [3.63, 3.8) is 0 Å². The van der Waals surface area contributed by atoms with Crippen LogP contribution in [-0.2, 0) is 6.54 Å². The molecule has 1 aromatic carbocycles. The molecule has 1 N–H and O–H groups in total. The van der Waals surface area contributed by atoms with Gasteiger partial charge in [-0.05, 0) is 42.9 Å². The molecule has 0 aliphatic carbocycles. The summed E-state index contributed by atoms with van der Waals surface area (Å²) in [5.41, 5.74) is 0.588. The van der Waals surface area contributed by atoms with Crippen molar-refractivity contribution in [3.8, 4) is 11.8 Å². The van der Waals surface area contributed by atoms with Gasteiger partial charge in [0.25, 0.3) is 0 Å². The van der Waals surface area contributed by atoms with Gasteiger partial charge in [0.15, 0.2) is 0 Å². The van der Waals surface area contributed by atoms with Crippen molar-refractivity contribution in [2.75, 3.05) is 19.7 Å². The molecule has 0 saturated heterocycles. The number of aliphatic hydroxyl groups is 1. The molecule has 122 valence electrons. The van der Waals surface area contributed by atoms with Gasteiger partial charge in [0, 0.05) is 18.0 Å². The summed E-state index contributed by atoms with van der Waals surface area (Å²) in [6.07, 6.45) is -0.582. The van der Waals surface area contributed by atoms with E-state index in [0.717, 1.165) is 17.4 Å². The van der Waals surface area contributed by atoms with Crippen LogP contribution in [0, 0.1) is 11.3 Å². The van der Waals surface area contributed by atoms with Crippen LogP contribution in [0.5, 0.6) is 5.75 Å². The maximum atomic E-state index is 10.2. The smallest absolute Gasteiger partial charge is 0.119 e. The van der Waals surface area contributed by atoms with E-state index in [0.29, 0.717) is 17.9 Å². The zero-order valence-corrected chi connectivity index (χ0v) is 14.5. The Balaban J connectivity index is 1.79. The fourth-order valence-corrected chi connectivity index (χ4v) is 3.26. The van der Waals surface area contributed by atoms with Gasteiger partial charge in [0.1, 0.15) is 18.5 Å². The average Bonchev–Trinajstić information content (AvgIpc) is 2.97. The third-order valence-corrected chi connectivity index (χ3v) is 4.57. The summed E-state index contributed by atoms with van der Waals surface area (Å²) in [7, 11) is 0. The molecule has 0 aliphatic heterocycles. The summed E-state index contributed by atoms with van der Waals surface area (Å²) in [6, 6.07) is 12.8. The molecule has 6 heteroatoms. The molecule has 0 saturated carbocycles. The van der Waals surface area contributed by atoms with Crippen LogP contribution >= 0.6 is 22.9 Å². The van der Waals surface area contributed by atoms with E-state index >= 15 is 0 Å². The zero-order chi connectivity index (χ0) is 16.7. The van der Waals surface area contributed by atoms with Crippen LogP contribution in [0.25, 0.3) is 0 Å². The van der Waals surface area contributed by atoms with Crippen molar-refractivity contribution < 1.29 is 9.84 Å². The van der Waals surface area contributed by atoms with Gasteiger partial charge in [-0.15, -0.1) is 11.3 Å². The van der Waals surface area contributed by atoms with E-state index in [-0.39, 0.29) is 6.61 Å². The first-order chi connectivity index (χ1) is 11.1. The molecule has 0 bridgehead atoms. The van der Waals surface area contributed by atoms with Gasteiger partial charge in [-0.2, -0.15) is 5.26 Å². The minimum absolute atomic E-state index is 0.216. The molecule has 23 heavy (non-hydrogen) atoms.